The van der Waals surface area contributed by atoms with Gasteiger partial charge in [0.2, 0.25) is 0 Å². The molecule has 0 saturated carbocycles. The fourth-order valence-corrected chi connectivity index (χ4v) is 2.49. The van der Waals surface area contributed by atoms with Crippen LogP contribution in [0.5, 0.6) is 0 Å². The summed E-state index contributed by atoms with van der Waals surface area (Å²) in [5.41, 5.74) is 0. The lowest BCUT2D eigenvalue weighted by Crippen LogP contribution is -2.40. The highest BCUT2D eigenvalue weighted by Gasteiger charge is 2.51. The highest BCUT2D eigenvalue weighted by molar-refractivity contribution is 5.84. The molecule has 1 aliphatic rings. The van der Waals surface area contributed by atoms with E-state index < -0.39 is 48.4 Å². The summed E-state index contributed by atoms with van der Waals surface area (Å²) in [4.78, 5) is 49.4. The molecule has 1 saturated heterocycles. The largest absolute Gasteiger partial charge is 0.463 e. The molecule has 1 aliphatic heterocycles. The van der Waals surface area contributed by atoms with Gasteiger partial charge in [-0.3, -0.25) is 14.4 Å². The van der Waals surface area contributed by atoms with E-state index >= 15 is 0 Å². The Morgan fingerprint density at radius 3 is 2.26 bits per heavy atom. The molecular weight excluding hydrogens is 366 g/mol. The molecule has 0 radical (unpaired) electrons. The van der Waals surface area contributed by atoms with Gasteiger partial charge < -0.3 is 23.7 Å². The Morgan fingerprint density at radius 1 is 1.07 bits per heavy atom. The molecule has 0 unspecified atom stereocenters. The SMILES string of the molecule is COC(=O)c1ncn([C@@H]2O[C@H](COC(C)=O)[C@@H](OC(C)=O)[C@@H]2OC(C)=O)n1. The summed E-state index contributed by atoms with van der Waals surface area (Å²) in [6.45, 7) is 3.30. The second-order valence-electron chi connectivity index (χ2n) is 5.56. The van der Waals surface area contributed by atoms with Crippen LogP contribution in [0.1, 0.15) is 37.6 Å². The molecule has 1 fully saturated rings. The summed E-state index contributed by atoms with van der Waals surface area (Å²) in [5, 5.41) is 3.93. The first-order chi connectivity index (χ1) is 12.7. The fourth-order valence-electron chi connectivity index (χ4n) is 2.49. The number of hydrogen-bond donors (Lipinski definition) is 0. The third kappa shape index (κ3) is 5.00. The van der Waals surface area contributed by atoms with Crippen molar-refractivity contribution in [2.75, 3.05) is 13.7 Å². The van der Waals surface area contributed by atoms with Gasteiger partial charge in [0, 0.05) is 20.8 Å². The number of carbonyl (C=O) groups excluding carboxylic acids is 4. The van der Waals surface area contributed by atoms with Gasteiger partial charge in [-0.1, -0.05) is 0 Å². The van der Waals surface area contributed by atoms with Crippen LogP contribution < -0.4 is 0 Å². The quantitative estimate of drug-likeness (QED) is 0.456. The maximum Gasteiger partial charge on any atom is 0.377 e. The molecule has 1 aromatic rings. The third-order valence-corrected chi connectivity index (χ3v) is 3.48. The molecule has 148 valence electrons. The summed E-state index contributed by atoms with van der Waals surface area (Å²) in [6, 6.07) is 0. The molecule has 0 N–H and O–H groups in total. The Balaban J connectivity index is 2.33. The highest BCUT2D eigenvalue weighted by Crippen LogP contribution is 2.34. The van der Waals surface area contributed by atoms with Crippen molar-refractivity contribution in [1.82, 2.24) is 14.8 Å². The van der Waals surface area contributed by atoms with Gasteiger partial charge in [-0.25, -0.2) is 14.5 Å². The van der Waals surface area contributed by atoms with Crippen LogP contribution >= 0.6 is 0 Å². The molecule has 27 heavy (non-hydrogen) atoms. The number of rotatable bonds is 6. The molecule has 2 heterocycles. The van der Waals surface area contributed by atoms with Crippen molar-refractivity contribution in [1.29, 1.82) is 0 Å². The minimum Gasteiger partial charge on any atom is -0.463 e. The first kappa shape index (κ1) is 20.3. The topological polar surface area (TPSA) is 145 Å². The predicted octanol–water partition coefficient (Wildman–Crippen LogP) is -0.611. The lowest BCUT2D eigenvalue weighted by atomic mass is 10.1. The predicted molar refractivity (Wildman–Crippen MR) is 83.0 cm³/mol. The Labute approximate surface area is 153 Å². The zero-order valence-corrected chi connectivity index (χ0v) is 15.1. The molecule has 1 aromatic heterocycles. The van der Waals surface area contributed by atoms with Crippen molar-refractivity contribution in [3.05, 3.63) is 12.2 Å². The van der Waals surface area contributed by atoms with Crippen LogP contribution in [0.3, 0.4) is 0 Å². The van der Waals surface area contributed by atoms with E-state index in [1.165, 1.54) is 34.2 Å². The second kappa shape index (κ2) is 8.58. The minimum absolute atomic E-state index is 0.241. The van der Waals surface area contributed by atoms with Gasteiger partial charge in [-0.2, -0.15) is 0 Å². The zero-order valence-electron chi connectivity index (χ0n) is 15.1. The number of carbonyl (C=O) groups is 4. The summed E-state index contributed by atoms with van der Waals surface area (Å²) < 4.78 is 26.8. The first-order valence-electron chi connectivity index (χ1n) is 7.85. The smallest absolute Gasteiger partial charge is 0.377 e. The lowest BCUT2D eigenvalue weighted by molar-refractivity contribution is -0.166. The molecule has 2 rings (SSSR count). The van der Waals surface area contributed by atoms with Crippen LogP contribution in [0.25, 0.3) is 0 Å². The number of nitrogens with zero attached hydrogens (tertiary/aromatic N) is 3. The molecule has 0 bridgehead atoms. The molecule has 0 amide bonds. The Bertz CT molecular complexity index is 732. The average Bonchev–Trinajstić information content (AvgIpc) is 3.18. The van der Waals surface area contributed by atoms with Crippen molar-refractivity contribution < 1.29 is 42.9 Å². The normalized spacial score (nSPS) is 24.1. The molecule has 12 nitrogen and oxygen atoms in total. The minimum atomic E-state index is -1.11. The van der Waals surface area contributed by atoms with E-state index in [1.807, 2.05) is 0 Å². The van der Waals surface area contributed by atoms with Gasteiger partial charge in [0.05, 0.1) is 7.11 Å². The molecule has 0 spiro atoms. The third-order valence-electron chi connectivity index (χ3n) is 3.48. The van der Waals surface area contributed by atoms with Crippen LogP contribution in [0.4, 0.5) is 0 Å². The first-order valence-corrected chi connectivity index (χ1v) is 7.85. The Hall–Kier alpha value is -3.02. The zero-order chi connectivity index (χ0) is 20.1. The number of hydrogen-bond acceptors (Lipinski definition) is 11. The maximum absolute atomic E-state index is 11.5. The number of aromatic nitrogens is 3. The fraction of sp³-hybridized carbons (Fsp3) is 0.600. The average molecular weight is 385 g/mol. The van der Waals surface area contributed by atoms with Crippen molar-refractivity contribution in [3.63, 3.8) is 0 Å². The molecule has 4 atom stereocenters. The standard InChI is InChI=1S/C15H19N3O9/c1-7(19)24-5-10-11(25-8(2)20)12(26-9(3)21)14(27-10)18-6-16-13(17-18)15(22)23-4/h6,10-12,14H,5H2,1-4H3/t10-,11-,12+,14-/m1/s1. The van der Waals surface area contributed by atoms with E-state index in [4.69, 9.17) is 18.9 Å². The molecular formula is C15H19N3O9. The summed E-state index contributed by atoms with van der Waals surface area (Å²) >= 11 is 0. The Kier molecular flexibility index (Phi) is 6.45. The summed E-state index contributed by atoms with van der Waals surface area (Å²) in [7, 11) is 1.17. The van der Waals surface area contributed by atoms with Crippen molar-refractivity contribution in [2.45, 2.75) is 45.3 Å². The number of esters is 4. The van der Waals surface area contributed by atoms with E-state index in [-0.39, 0.29) is 12.4 Å². The number of ether oxygens (including phenoxy) is 5. The van der Waals surface area contributed by atoms with E-state index in [1.54, 1.807) is 0 Å². The van der Waals surface area contributed by atoms with Gasteiger partial charge in [0.25, 0.3) is 5.82 Å². The van der Waals surface area contributed by atoms with Gasteiger partial charge in [0.15, 0.2) is 18.4 Å². The van der Waals surface area contributed by atoms with Crippen LogP contribution in [0.15, 0.2) is 6.33 Å². The summed E-state index contributed by atoms with van der Waals surface area (Å²) in [5.74, 6) is -2.89. The van der Waals surface area contributed by atoms with Crippen molar-refractivity contribution >= 4 is 23.9 Å². The number of methoxy groups -OCH3 is 1. The maximum atomic E-state index is 11.5. The summed E-state index contributed by atoms with van der Waals surface area (Å²) in [6.07, 6.45) is -3.02. The van der Waals surface area contributed by atoms with Gasteiger partial charge >= 0.3 is 23.9 Å². The van der Waals surface area contributed by atoms with E-state index in [9.17, 15) is 19.2 Å². The van der Waals surface area contributed by atoms with Gasteiger partial charge in [-0.05, 0) is 0 Å². The van der Waals surface area contributed by atoms with Gasteiger partial charge in [0.1, 0.15) is 19.0 Å². The van der Waals surface area contributed by atoms with Crippen LogP contribution in [-0.2, 0) is 38.1 Å². The molecule has 12 heteroatoms. The second-order valence-corrected chi connectivity index (χ2v) is 5.56. The van der Waals surface area contributed by atoms with E-state index in [0.717, 1.165) is 4.68 Å². The van der Waals surface area contributed by atoms with Crippen molar-refractivity contribution in [2.24, 2.45) is 0 Å². The van der Waals surface area contributed by atoms with Crippen LogP contribution in [0.2, 0.25) is 0 Å². The van der Waals surface area contributed by atoms with Crippen molar-refractivity contribution in [3.8, 4) is 0 Å². The van der Waals surface area contributed by atoms with Crippen LogP contribution in [-0.4, -0.2) is 70.7 Å². The van der Waals surface area contributed by atoms with Crippen LogP contribution in [0, 0.1) is 0 Å². The van der Waals surface area contributed by atoms with E-state index in [2.05, 4.69) is 14.8 Å². The van der Waals surface area contributed by atoms with E-state index in [0.29, 0.717) is 0 Å². The molecule has 0 aromatic carbocycles. The highest BCUT2D eigenvalue weighted by atomic mass is 16.7. The lowest BCUT2D eigenvalue weighted by Gasteiger charge is -2.23. The monoisotopic (exact) mass is 385 g/mol. The Morgan fingerprint density at radius 2 is 1.70 bits per heavy atom. The molecule has 0 aliphatic carbocycles. The van der Waals surface area contributed by atoms with Gasteiger partial charge in [-0.15, -0.1) is 5.10 Å².